The highest BCUT2D eigenvalue weighted by atomic mass is 16.6. The van der Waals surface area contributed by atoms with Gasteiger partial charge in [-0.1, -0.05) is 0 Å². The van der Waals surface area contributed by atoms with E-state index in [0.717, 1.165) is 5.56 Å². The number of ether oxygens (including phenoxy) is 2. The maximum Gasteiger partial charge on any atom is 0.410 e. The van der Waals surface area contributed by atoms with Crippen molar-refractivity contribution in [1.29, 1.82) is 0 Å². The molecule has 0 spiro atoms. The van der Waals surface area contributed by atoms with E-state index >= 15 is 0 Å². The van der Waals surface area contributed by atoms with Crippen LogP contribution in [-0.2, 0) is 22.6 Å². The van der Waals surface area contributed by atoms with Gasteiger partial charge in [0.1, 0.15) is 5.60 Å². The van der Waals surface area contributed by atoms with Gasteiger partial charge in [-0.2, -0.15) is 0 Å². The fourth-order valence-electron chi connectivity index (χ4n) is 2.44. The first kappa shape index (κ1) is 17.8. The summed E-state index contributed by atoms with van der Waals surface area (Å²) in [5, 5.41) is 2.72. The van der Waals surface area contributed by atoms with Crippen molar-refractivity contribution in [3.63, 3.8) is 0 Å². The van der Waals surface area contributed by atoms with E-state index < -0.39 is 17.7 Å². The van der Waals surface area contributed by atoms with Crippen LogP contribution in [0.3, 0.4) is 0 Å². The van der Waals surface area contributed by atoms with Crippen molar-refractivity contribution in [1.82, 2.24) is 10.2 Å². The van der Waals surface area contributed by atoms with E-state index in [1.165, 1.54) is 18.1 Å². The molecule has 0 saturated carbocycles. The molecule has 24 heavy (non-hydrogen) atoms. The van der Waals surface area contributed by atoms with Crippen LogP contribution >= 0.6 is 0 Å². The molecular formula is C17H22N2O5. The highest BCUT2D eigenvalue weighted by Crippen LogP contribution is 2.24. The number of hydrogen-bond acceptors (Lipinski definition) is 5. The van der Waals surface area contributed by atoms with E-state index in [1.54, 1.807) is 33.9 Å². The molecule has 0 aromatic heterocycles. The maximum atomic E-state index is 12.1. The number of methoxy groups -OCH3 is 1. The molecule has 1 aromatic rings. The Labute approximate surface area is 140 Å². The second-order valence-corrected chi connectivity index (χ2v) is 6.67. The van der Waals surface area contributed by atoms with Crippen LogP contribution in [-0.4, -0.2) is 42.6 Å². The highest BCUT2D eigenvalue weighted by Gasteiger charge is 2.26. The minimum absolute atomic E-state index is 0.219. The van der Waals surface area contributed by atoms with Gasteiger partial charge in [0.15, 0.2) is 0 Å². The minimum Gasteiger partial charge on any atom is -0.465 e. The SMILES string of the molecule is COC(=O)c1cc(CN(C)C(=O)OC(C)(C)C)c2c(c1)C(=O)NC2. The van der Waals surface area contributed by atoms with Crippen molar-refractivity contribution >= 4 is 18.0 Å². The predicted molar refractivity (Wildman–Crippen MR) is 86.7 cm³/mol. The zero-order chi connectivity index (χ0) is 18.1. The summed E-state index contributed by atoms with van der Waals surface area (Å²) in [7, 11) is 2.89. The van der Waals surface area contributed by atoms with Gasteiger partial charge in [0.05, 0.1) is 12.7 Å². The zero-order valence-corrected chi connectivity index (χ0v) is 14.6. The Balaban J connectivity index is 2.31. The molecule has 2 amide bonds. The standard InChI is InChI=1S/C17H22N2O5/c1-17(2,3)24-16(22)19(4)9-11-6-10(15(21)23-5)7-12-13(11)8-18-14(12)20/h6-7H,8-9H2,1-5H3,(H,18,20). The molecule has 130 valence electrons. The van der Waals surface area contributed by atoms with Crippen LogP contribution in [0.2, 0.25) is 0 Å². The third-order valence-corrected chi connectivity index (χ3v) is 3.55. The average molecular weight is 334 g/mol. The van der Waals surface area contributed by atoms with Gasteiger partial charge in [-0.3, -0.25) is 4.79 Å². The molecule has 0 bridgehead atoms. The number of benzene rings is 1. The number of nitrogens with zero attached hydrogens (tertiary/aromatic N) is 1. The molecule has 0 fully saturated rings. The Morgan fingerprint density at radius 2 is 1.96 bits per heavy atom. The van der Waals surface area contributed by atoms with Crippen LogP contribution < -0.4 is 5.32 Å². The molecule has 0 radical (unpaired) electrons. The summed E-state index contributed by atoms with van der Waals surface area (Å²) in [4.78, 5) is 37.3. The Hall–Kier alpha value is -2.57. The van der Waals surface area contributed by atoms with Crippen molar-refractivity contribution in [3.8, 4) is 0 Å². The molecule has 0 aliphatic carbocycles. The number of carbonyl (C=O) groups excluding carboxylic acids is 3. The molecule has 0 atom stereocenters. The number of fused-ring (bicyclic) bond motifs is 1. The molecule has 0 saturated heterocycles. The van der Waals surface area contributed by atoms with Crippen LogP contribution in [0.25, 0.3) is 0 Å². The lowest BCUT2D eigenvalue weighted by atomic mass is 9.99. The maximum absolute atomic E-state index is 12.1. The normalized spacial score (nSPS) is 13.1. The van der Waals surface area contributed by atoms with Crippen LogP contribution in [0.4, 0.5) is 4.79 Å². The molecule has 1 aromatic carbocycles. The molecule has 1 aliphatic heterocycles. The first-order valence-corrected chi connectivity index (χ1v) is 7.59. The van der Waals surface area contributed by atoms with Gasteiger partial charge in [0, 0.05) is 25.7 Å². The van der Waals surface area contributed by atoms with Crippen molar-refractivity contribution in [3.05, 3.63) is 34.4 Å². The molecular weight excluding hydrogens is 312 g/mol. The number of amides is 2. The number of carbonyl (C=O) groups is 3. The van der Waals surface area contributed by atoms with Crippen LogP contribution in [0.5, 0.6) is 0 Å². The summed E-state index contributed by atoms with van der Waals surface area (Å²) in [6.07, 6.45) is -0.475. The van der Waals surface area contributed by atoms with Gasteiger partial charge in [0.2, 0.25) is 0 Å². The molecule has 2 rings (SSSR count). The smallest absolute Gasteiger partial charge is 0.410 e. The highest BCUT2D eigenvalue weighted by molar-refractivity contribution is 6.01. The second-order valence-electron chi connectivity index (χ2n) is 6.67. The first-order chi connectivity index (χ1) is 11.1. The van der Waals surface area contributed by atoms with Gasteiger partial charge < -0.3 is 19.7 Å². The fourth-order valence-corrected chi connectivity index (χ4v) is 2.44. The van der Waals surface area contributed by atoms with Crippen LogP contribution in [0, 0.1) is 0 Å². The number of rotatable bonds is 3. The van der Waals surface area contributed by atoms with Crippen molar-refractivity contribution in [2.75, 3.05) is 14.2 Å². The van der Waals surface area contributed by atoms with E-state index in [1.807, 2.05) is 0 Å². The summed E-state index contributed by atoms with van der Waals surface area (Å²) in [6, 6.07) is 3.16. The van der Waals surface area contributed by atoms with E-state index in [4.69, 9.17) is 9.47 Å². The third kappa shape index (κ3) is 3.84. The largest absolute Gasteiger partial charge is 0.465 e. The van der Waals surface area contributed by atoms with E-state index in [-0.39, 0.29) is 18.0 Å². The molecule has 7 nitrogen and oxygen atoms in total. The van der Waals surface area contributed by atoms with Gasteiger partial charge in [0.25, 0.3) is 5.91 Å². The van der Waals surface area contributed by atoms with Gasteiger partial charge in [-0.05, 0) is 44.0 Å². The molecule has 7 heteroatoms. The molecule has 1 heterocycles. The monoisotopic (exact) mass is 334 g/mol. The summed E-state index contributed by atoms with van der Waals surface area (Å²) in [5.41, 5.74) is 1.60. The third-order valence-electron chi connectivity index (χ3n) is 3.55. The van der Waals surface area contributed by atoms with E-state index in [0.29, 0.717) is 17.7 Å². The Morgan fingerprint density at radius 1 is 1.29 bits per heavy atom. The molecule has 1 N–H and O–H groups in total. The summed E-state index contributed by atoms with van der Waals surface area (Å²) in [5.74, 6) is -0.768. The predicted octanol–water partition coefficient (Wildman–Crippen LogP) is 2.08. The van der Waals surface area contributed by atoms with Gasteiger partial charge in [-0.15, -0.1) is 0 Å². The lowest BCUT2D eigenvalue weighted by Gasteiger charge is -2.25. The Kier molecular flexibility index (Phi) is 4.82. The topological polar surface area (TPSA) is 84.9 Å². The number of nitrogens with one attached hydrogen (secondary N) is 1. The summed E-state index contributed by atoms with van der Waals surface area (Å²) >= 11 is 0. The Morgan fingerprint density at radius 3 is 2.54 bits per heavy atom. The summed E-state index contributed by atoms with van der Waals surface area (Å²) in [6.45, 7) is 5.95. The molecule has 1 aliphatic rings. The number of esters is 1. The van der Waals surface area contributed by atoms with E-state index in [2.05, 4.69) is 5.32 Å². The Bertz CT molecular complexity index is 691. The first-order valence-electron chi connectivity index (χ1n) is 7.59. The quantitative estimate of drug-likeness (QED) is 0.856. The zero-order valence-electron chi connectivity index (χ0n) is 14.6. The van der Waals surface area contributed by atoms with Gasteiger partial charge >= 0.3 is 12.1 Å². The van der Waals surface area contributed by atoms with E-state index in [9.17, 15) is 14.4 Å². The second kappa shape index (κ2) is 6.51. The average Bonchev–Trinajstić information content (AvgIpc) is 2.86. The summed E-state index contributed by atoms with van der Waals surface area (Å²) < 4.78 is 10.1. The van der Waals surface area contributed by atoms with Crippen LogP contribution in [0.1, 0.15) is 52.6 Å². The lowest BCUT2D eigenvalue weighted by molar-refractivity contribution is 0.0284. The van der Waals surface area contributed by atoms with Crippen molar-refractivity contribution < 1.29 is 23.9 Å². The number of hydrogen-bond donors (Lipinski definition) is 1. The van der Waals surface area contributed by atoms with Crippen molar-refractivity contribution in [2.45, 2.75) is 39.5 Å². The van der Waals surface area contributed by atoms with Crippen molar-refractivity contribution in [2.24, 2.45) is 0 Å². The lowest BCUT2D eigenvalue weighted by Crippen LogP contribution is -2.34. The minimum atomic E-state index is -0.599. The molecule has 0 unspecified atom stereocenters. The van der Waals surface area contributed by atoms with Gasteiger partial charge in [-0.25, -0.2) is 9.59 Å². The van der Waals surface area contributed by atoms with Crippen LogP contribution in [0.15, 0.2) is 12.1 Å². The fraction of sp³-hybridized carbons (Fsp3) is 0.471.